The van der Waals surface area contributed by atoms with Crippen LogP contribution in [-0.4, -0.2) is 58.0 Å². The van der Waals surface area contributed by atoms with Crippen molar-refractivity contribution in [3.05, 3.63) is 87.5 Å². The van der Waals surface area contributed by atoms with Crippen molar-refractivity contribution < 1.29 is 28.4 Å². The van der Waals surface area contributed by atoms with Gasteiger partial charge in [0.1, 0.15) is 55.4 Å². The van der Waals surface area contributed by atoms with Gasteiger partial charge in [0.15, 0.2) is 0 Å². The Bertz CT molecular complexity index is 1200. The van der Waals surface area contributed by atoms with Gasteiger partial charge in [0.2, 0.25) is 0 Å². The Balaban J connectivity index is 1.26. The quantitative estimate of drug-likeness (QED) is 0.294. The summed E-state index contributed by atoms with van der Waals surface area (Å²) in [4.78, 5) is 0. The zero-order valence-electron chi connectivity index (χ0n) is 22.5. The smallest absolute Gasteiger partial charge is 0.120 e. The van der Waals surface area contributed by atoms with Crippen molar-refractivity contribution in [1.29, 1.82) is 0 Å². The van der Waals surface area contributed by atoms with E-state index >= 15 is 0 Å². The van der Waals surface area contributed by atoms with Crippen molar-refractivity contribution in [2.45, 2.75) is 51.9 Å². The third kappa shape index (κ3) is 6.68. The molecular weight excluding hydrogens is 480 g/mol. The van der Waals surface area contributed by atoms with Crippen LogP contribution in [0.4, 0.5) is 0 Å². The minimum absolute atomic E-state index is 0.209. The van der Waals surface area contributed by atoms with Crippen molar-refractivity contribution in [3.63, 3.8) is 0 Å². The first kappa shape index (κ1) is 25.2. The molecule has 3 aromatic rings. The van der Waals surface area contributed by atoms with Gasteiger partial charge < -0.3 is 28.4 Å². The molecule has 3 unspecified atom stereocenters. The molecule has 3 atom stereocenters. The first-order valence-corrected chi connectivity index (χ1v) is 13.5. The second-order valence-corrected chi connectivity index (χ2v) is 10.7. The van der Waals surface area contributed by atoms with Gasteiger partial charge in [-0.15, -0.1) is 0 Å². The van der Waals surface area contributed by atoms with Crippen LogP contribution in [-0.2, 0) is 27.1 Å². The summed E-state index contributed by atoms with van der Waals surface area (Å²) in [5.74, 6) is 2.67. The Kier molecular flexibility index (Phi) is 7.28. The monoisotopic (exact) mass is 516 g/mol. The highest BCUT2D eigenvalue weighted by atomic mass is 16.6. The molecule has 0 saturated carbocycles. The topological polar surface area (TPSA) is 65.3 Å². The van der Waals surface area contributed by atoms with Crippen LogP contribution in [0.1, 0.15) is 38.9 Å². The molecule has 3 aromatic carbocycles. The summed E-state index contributed by atoms with van der Waals surface area (Å²) < 4.78 is 34.1. The second-order valence-electron chi connectivity index (χ2n) is 10.7. The molecule has 0 N–H and O–H groups in total. The first-order valence-electron chi connectivity index (χ1n) is 13.5. The summed E-state index contributed by atoms with van der Waals surface area (Å²) in [6, 6.07) is 17.1. The fourth-order valence-electron chi connectivity index (χ4n) is 4.59. The molecule has 3 aliphatic rings. The Morgan fingerprint density at radius 2 is 0.921 bits per heavy atom. The molecule has 0 spiro atoms. The maximum Gasteiger partial charge on any atom is 0.120 e. The molecular formula is C32H36O6. The third-order valence-electron chi connectivity index (χ3n) is 7.51. The van der Waals surface area contributed by atoms with Gasteiger partial charge in [-0.3, -0.25) is 0 Å². The minimum Gasteiger partial charge on any atom is -0.491 e. The highest BCUT2D eigenvalue weighted by Crippen LogP contribution is 2.31. The highest BCUT2D eigenvalue weighted by Gasteiger charge is 2.25. The summed E-state index contributed by atoms with van der Waals surface area (Å²) in [7, 11) is 0. The summed E-state index contributed by atoms with van der Waals surface area (Å²) in [5, 5.41) is 0. The predicted octanol–water partition coefficient (Wildman–Crippen LogP) is 5.13. The third-order valence-corrected chi connectivity index (χ3v) is 7.51. The molecule has 200 valence electrons. The van der Waals surface area contributed by atoms with Gasteiger partial charge in [-0.05, 0) is 109 Å². The Morgan fingerprint density at radius 1 is 0.553 bits per heavy atom. The molecule has 3 aliphatic heterocycles. The number of aryl methyl sites for hydroxylation is 2. The van der Waals surface area contributed by atoms with Gasteiger partial charge in [-0.25, -0.2) is 0 Å². The lowest BCUT2D eigenvalue weighted by atomic mass is 9.90. The van der Waals surface area contributed by atoms with E-state index in [0.717, 1.165) is 49.9 Å². The molecule has 0 aromatic heterocycles. The number of hydrogen-bond donors (Lipinski definition) is 0. The van der Waals surface area contributed by atoms with E-state index in [1.165, 1.54) is 38.9 Å². The molecule has 0 radical (unpaired) electrons. The van der Waals surface area contributed by atoms with E-state index in [0.29, 0.717) is 19.8 Å². The fraction of sp³-hybridized carbons (Fsp3) is 0.438. The predicted molar refractivity (Wildman–Crippen MR) is 145 cm³/mol. The molecule has 0 amide bonds. The summed E-state index contributed by atoms with van der Waals surface area (Å²) >= 11 is 0. The van der Waals surface area contributed by atoms with E-state index in [2.05, 4.69) is 57.2 Å². The average Bonchev–Trinajstić information content (AvgIpc) is 3.75. The minimum atomic E-state index is 0.209. The van der Waals surface area contributed by atoms with E-state index < -0.39 is 0 Å². The van der Waals surface area contributed by atoms with E-state index in [4.69, 9.17) is 28.4 Å². The summed E-state index contributed by atoms with van der Waals surface area (Å²) in [6.45, 7) is 10.7. The lowest BCUT2D eigenvalue weighted by molar-refractivity contribution is 0.262. The number of hydrogen-bond acceptors (Lipinski definition) is 6. The van der Waals surface area contributed by atoms with Gasteiger partial charge in [0.25, 0.3) is 0 Å². The van der Waals surface area contributed by atoms with E-state index in [9.17, 15) is 0 Å². The van der Waals surface area contributed by atoms with Crippen LogP contribution in [0.3, 0.4) is 0 Å². The van der Waals surface area contributed by atoms with Crippen LogP contribution in [0, 0.1) is 20.8 Å². The molecule has 6 heteroatoms. The van der Waals surface area contributed by atoms with Crippen molar-refractivity contribution in [2.75, 3.05) is 39.6 Å². The lowest BCUT2D eigenvalue weighted by Gasteiger charge is -2.18. The summed E-state index contributed by atoms with van der Waals surface area (Å²) in [5.41, 5.74) is 8.81. The fourth-order valence-corrected chi connectivity index (χ4v) is 4.59. The van der Waals surface area contributed by atoms with Gasteiger partial charge >= 0.3 is 0 Å². The van der Waals surface area contributed by atoms with Crippen LogP contribution in [0.5, 0.6) is 17.2 Å². The second kappa shape index (κ2) is 11.0. The van der Waals surface area contributed by atoms with E-state index in [-0.39, 0.29) is 18.3 Å². The van der Waals surface area contributed by atoms with Crippen LogP contribution in [0.25, 0.3) is 0 Å². The normalized spacial score (nSPS) is 21.2. The Labute approximate surface area is 224 Å². The van der Waals surface area contributed by atoms with Crippen molar-refractivity contribution >= 4 is 0 Å². The first-order chi connectivity index (χ1) is 18.5. The number of ether oxygens (including phenoxy) is 6. The van der Waals surface area contributed by atoms with E-state index in [1.54, 1.807) is 0 Å². The van der Waals surface area contributed by atoms with Crippen LogP contribution in [0.2, 0.25) is 0 Å². The molecule has 6 rings (SSSR count). The Morgan fingerprint density at radius 3 is 1.32 bits per heavy atom. The highest BCUT2D eigenvalue weighted by molar-refractivity contribution is 5.49. The van der Waals surface area contributed by atoms with Crippen LogP contribution in [0.15, 0.2) is 48.5 Å². The molecule has 3 fully saturated rings. The van der Waals surface area contributed by atoms with Crippen LogP contribution >= 0.6 is 0 Å². The average molecular weight is 517 g/mol. The molecule has 3 saturated heterocycles. The Hall–Kier alpha value is -3.06. The largest absolute Gasteiger partial charge is 0.491 e. The van der Waals surface area contributed by atoms with Crippen molar-refractivity contribution in [3.8, 4) is 17.2 Å². The van der Waals surface area contributed by atoms with Gasteiger partial charge in [-0.1, -0.05) is 12.1 Å². The van der Waals surface area contributed by atoms with Gasteiger partial charge in [0.05, 0.1) is 19.8 Å². The number of rotatable bonds is 13. The van der Waals surface area contributed by atoms with Crippen LogP contribution < -0.4 is 14.2 Å². The van der Waals surface area contributed by atoms with Gasteiger partial charge in [0, 0.05) is 0 Å². The molecule has 3 heterocycles. The zero-order valence-corrected chi connectivity index (χ0v) is 22.5. The zero-order chi connectivity index (χ0) is 26.1. The standard InChI is InChI=1S/C32H36O6/c1-20-4-6-27(33-14-30-17-36-30)10-23(20)8-25-12-29(35-16-32-19-38-32)13-26(22(25)3)9-24-11-28(7-5-21(24)2)34-15-31-18-37-31/h4-7,10-13,30-32H,8-9,14-19H2,1-3H3. The molecule has 38 heavy (non-hydrogen) atoms. The maximum absolute atomic E-state index is 6.19. The number of epoxide rings is 3. The molecule has 6 nitrogen and oxygen atoms in total. The van der Waals surface area contributed by atoms with Crippen molar-refractivity contribution in [1.82, 2.24) is 0 Å². The van der Waals surface area contributed by atoms with E-state index in [1.807, 2.05) is 12.1 Å². The molecule has 0 bridgehead atoms. The molecule has 0 aliphatic carbocycles. The number of benzene rings is 3. The lowest BCUT2D eigenvalue weighted by Crippen LogP contribution is -2.08. The summed E-state index contributed by atoms with van der Waals surface area (Å²) in [6.07, 6.45) is 2.30. The SMILES string of the molecule is Cc1ccc(OCC2CO2)cc1Cc1cc(OCC2CO2)cc(Cc2cc(OCC3CO3)ccc2C)c1C. The van der Waals surface area contributed by atoms with Crippen molar-refractivity contribution in [2.24, 2.45) is 0 Å². The van der Waals surface area contributed by atoms with Gasteiger partial charge in [-0.2, -0.15) is 0 Å². The maximum atomic E-state index is 6.19.